The first-order valence-electron chi connectivity index (χ1n) is 12.4. The van der Waals surface area contributed by atoms with Gasteiger partial charge in [-0.15, -0.1) is 0 Å². The molecule has 2 aliphatic rings. The van der Waals surface area contributed by atoms with Gasteiger partial charge in [0.15, 0.2) is 0 Å². The third-order valence-corrected chi connectivity index (χ3v) is 6.54. The van der Waals surface area contributed by atoms with Crippen molar-refractivity contribution in [3.05, 3.63) is 33.9 Å². The SMILES string of the molecule is COc1c(C)c2c(c(NC(=O)C(F)(F)F)c1CC=C(C)CCC(=O)OCCCN1CCOCC1)C(=O)OC2. The molecule has 0 aromatic heterocycles. The molecule has 38 heavy (non-hydrogen) atoms. The summed E-state index contributed by atoms with van der Waals surface area (Å²) in [6.45, 7) is 7.64. The van der Waals surface area contributed by atoms with Crippen LogP contribution >= 0.6 is 0 Å². The molecule has 0 radical (unpaired) electrons. The molecule has 1 fully saturated rings. The minimum Gasteiger partial charge on any atom is -0.496 e. The zero-order valence-corrected chi connectivity index (χ0v) is 21.8. The number of nitrogens with zero attached hydrogens (tertiary/aromatic N) is 1. The number of morpholine rings is 1. The van der Waals surface area contributed by atoms with Crippen molar-refractivity contribution in [2.24, 2.45) is 0 Å². The first-order chi connectivity index (χ1) is 18.0. The van der Waals surface area contributed by atoms with Gasteiger partial charge in [0.25, 0.3) is 0 Å². The maximum absolute atomic E-state index is 13.1. The standard InChI is InChI=1S/C26H33F3N2O7/c1-16(6-8-20(32)37-12-4-9-31-10-13-36-14-11-31)5-7-18-22(30-25(34)26(27,28)29)21-19(15-38-24(21)33)17(2)23(18)35-3/h5H,4,6-15H2,1-3H3,(H,30,34). The molecule has 1 aromatic carbocycles. The Morgan fingerprint density at radius 3 is 2.55 bits per heavy atom. The van der Waals surface area contributed by atoms with Crippen LogP contribution in [0.2, 0.25) is 0 Å². The summed E-state index contributed by atoms with van der Waals surface area (Å²) in [6.07, 6.45) is -2.13. The highest BCUT2D eigenvalue weighted by molar-refractivity contribution is 6.07. The van der Waals surface area contributed by atoms with Crippen molar-refractivity contribution in [2.75, 3.05) is 51.9 Å². The number of hydrogen-bond acceptors (Lipinski definition) is 8. The van der Waals surface area contributed by atoms with E-state index in [1.165, 1.54) is 7.11 Å². The Morgan fingerprint density at radius 2 is 1.89 bits per heavy atom. The summed E-state index contributed by atoms with van der Waals surface area (Å²) < 4.78 is 60.3. The maximum atomic E-state index is 13.1. The van der Waals surface area contributed by atoms with Crippen molar-refractivity contribution in [3.8, 4) is 5.75 Å². The van der Waals surface area contributed by atoms with E-state index in [2.05, 4.69) is 4.90 Å². The molecule has 0 bridgehead atoms. The average Bonchev–Trinajstić information content (AvgIpc) is 3.27. The van der Waals surface area contributed by atoms with Gasteiger partial charge in [0.05, 0.1) is 38.2 Å². The fourth-order valence-corrected chi connectivity index (χ4v) is 4.42. The van der Waals surface area contributed by atoms with E-state index in [1.807, 2.05) is 5.32 Å². The van der Waals surface area contributed by atoms with E-state index in [0.717, 1.165) is 31.6 Å². The molecule has 0 aliphatic carbocycles. The number of cyclic esters (lactones) is 1. The molecule has 210 valence electrons. The fraction of sp³-hybridized carbons (Fsp3) is 0.577. The van der Waals surface area contributed by atoms with Gasteiger partial charge >= 0.3 is 24.0 Å². The predicted molar refractivity (Wildman–Crippen MR) is 131 cm³/mol. The Bertz CT molecular complexity index is 1080. The normalized spacial score (nSPS) is 16.2. The monoisotopic (exact) mass is 542 g/mol. The Balaban J connectivity index is 1.66. The number of amides is 1. The molecule has 0 saturated carbocycles. The summed E-state index contributed by atoms with van der Waals surface area (Å²) in [5, 5.41) is 1.85. The Labute approximate surface area is 219 Å². The second-order valence-electron chi connectivity index (χ2n) is 9.18. The van der Waals surface area contributed by atoms with E-state index in [4.69, 9.17) is 18.9 Å². The van der Waals surface area contributed by atoms with E-state index in [1.54, 1.807) is 19.9 Å². The van der Waals surface area contributed by atoms with Crippen LogP contribution in [-0.4, -0.2) is 75.5 Å². The number of alkyl halides is 3. The van der Waals surface area contributed by atoms with E-state index in [9.17, 15) is 27.6 Å². The van der Waals surface area contributed by atoms with Gasteiger partial charge in [0.2, 0.25) is 0 Å². The number of fused-ring (bicyclic) bond motifs is 1. The quantitative estimate of drug-likeness (QED) is 0.257. The van der Waals surface area contributed by atoms with E-state index < -0.39 is 18.1 Å². The lowest BCUT2D eigenvalue weighted by atomic mass is 9.93. The van der Waals surface area contributed by atoms with E-state index in [0.29, 0.717) is 37.4 Å². The first kappa shape index (κ1) is 29.4. The molecule has 2 heterocycles. The van der Waals surface area contributed by atoms with Gasteiger partial charge in [-0.3, -0.25) is 14.5 Å². The lowest BCUT2D eigenvalue weighted by molar-refractivity contribution is -0.167. The van der Waals surface area contributed by atoms with Crippen LogP contribution in [0.25, 0.3) is 0 Å². The molecule has 1 N–H and O–H groups in total. The number of allylic oxidation sites excluding steroid dienone is 2. The number of carbonyl (C=O) groups excluding carboxylic acids is 3. The van der Waals surface area contributed by atoms with E-state index >= 15 is 0 Å². The summed E-state index contributed by atoms with van der Waals surface area (Å²) in [5.41, 5.74) is 1.51. The summed E-state index contributed by atoms with van der Waals surface area (Å²) in [7, 11) is 1.36. The zero-order chi connectivity index (χ0) is 27.9. The lowest BCUT2D eigenvalue weighted by Crippen LogP contribution is -2.37. The number of halogens is 3. The van der Waals surface area contributed by atoms with Gasteiger partial charge in [-0.05, 0) is 38.7 Å². The van der Waals surface area contributed by atoms with Gasteiger partial charge in [0.1, 0.15) is 12.4 Å². The number of anilines is 1. The van der Waals surface area contributed by atoms with Crippen molar-refractivity contribution in [1.82, 2.24) is 4.90 Å². The number of hydrogen-bond donors (Lipinski definition) is 1. The molecule has 1 aromatic rings. The second kappa shape index (κ2) is 13.1. The Hall–Kier alpha value is -3.12. The molecule has 1 amide bonds. The minimum absolute atomic E-state index is 0.0540. The minimum atomic E-state index is -5.15. The van der Waals surface area contributed by atoms with Gasteiger partial charge in [0, 0.05) is 37.2 Å². The zero-order valence-electron chi connectivity index (χ0n) is 21.8. The number of nitrogens with one attached hydrogen (secondary N) is 1. The van der Waals surface area contributed by atoms with Crippen LogP contribution in [-0.2, 0) is 36.8 Å². The number of esters is 2. The number of rotatable bonds is 11. The predicted octanol–water partition coefficient (Wildman–Crippen LogP) is 3.71. The van der Waals surface area contributed by atoms with Crippen LogP contribution in [0.15, 0.2) is 11.6 Å². The fourth-order valence-electron chi connectivity index (χ4n) is 4.42. The third kappa shape index (κ3) is 7.47. The van der Waals surface area contributed by atoms with E-state index in [-0.39, 0.29) is 48.0 Å². The highest BCUT2D eigenvalue weighted by Crippen LogP contribution is 2.42. The highest BCUT2D eigenvalue weighted by atomic mass is 19.4. The number of methoxy groups -OCH3 is 1. The first-order valence-corrected chi connectivity index (χ1v) is 12.4. The topological polar surface area (TPSA) is 103 Å². The van der Waals surface area contributed by atoms with Crippen molar-refractivity contribution < 1.29 is 46.5 Å². The van der Waals surface area contributed by atoms with Crippen LogP contribution in [0.1, 0.15) is 53.2 Å². The molecule has 0 unspecified atom stereocenters. The van der Waals surface area contributed by atoms with Gasteiger partial charge < -0.3 is 24.3 Å². The Morgan fingerprint density at radius 1 is 1.18 bits per heavy atom. The third-order valence-electron chi connectivity index (χ3n) is 6.54. The Kier molecular flexibility index (Phi) is 10.1. The van der Waals surface area contributed by atoms with Crippen molar-refractivity contribution in [1.29, 1.82) is 0 Å². The van der Waals surface area contributed by atoms with Gasteiger partial charge in [-0.2, -0.15) is 13.2 Å². The van der Waals surface area contributed by atoms with Crippen molar-refractivity contribution >= 4 is 23.5 Å². The summed E-state index contributed by atoms with van der Waals surface area (Å²) in [5.74, 6) is -3.11. The van der Waals surface area contributed by atoms with Crippen LogP contribution in [0.5, 0.6) is 5.75 Å². The van der Waals surface area contributed by atoms with Crippen LogP contribution < -0.4 is 10.1 Å². The highest BCUT2D eigenvalue weighted by Gasteiger charge is 2.41. The smallest absolute Gasteiger partial charge is 0.471 e. The van der Waals surface area contributed by atoms with Crippen molar-refractivity contribution in [2.45, 2.75) is 52.3 Å². The van der Waals surface area contributed by atoms with Crippen LogP contribution in [0.3, 0.4) is 0 Å². The molecule has 3 rings (SSSR count). The molecular weight excluding hydrogens is 509 g/mol. The molecule has 0 spiro atoms. The summed E-state index contributed by atoms with van der Waals surface area (Å²) in [4.78, 5) is 38.5. The van der Waals surface area contributed by atoms with Crippen LogP contribution in [0, 0.1) is 6.92 Å². The number of carbonyl (C=O) groups is 3. The molecule has 12 heteroatoms. The maximum Gasteiger partial charge on any atom is 0.471 e. The van der Waals surface area contributed by atoms with Crippen molar-refractivity contribution in [3.63, 3.8) is 0 Å². The van der Waals surface area contributed by atoms with Gasteiger partial charge in [-0.1, -0.05) is 11.6 Å². The average molecular weight is 543 g/mol. The molecule has 0 atom stereocenters. The number of benzene rings is 1. The molecule has 1 saturated heterocycles. The molecular formula is C26H33F3N2O7. The second-order valence-corrected chi connectivity index (χ2v) is 9.18. The lowest BCUT2D eigenvalue weighted by Gasteiger charge is -2.26. The summed E-state index contributed by atoms with van der Waals surface area (Å²) >= 11 is 0. The molecule has 9 nitrogen and oxygen atoms in total. The van der Waals surface area contributed by atoms with Crippen LogP contribution in [0.4, 0.5) is 18.9 Å². The number of ether oxygens (including phenoxy) is 4. The summed E-state index contributed by atoms with van der Waals surface area (Å²) in [6, 6.07) is 0. The van der Waals surface area contributed by atoms with Gasteiger partial charge in [-0.25, -0.2) is 4.79 Å². The largest absolute Gasteiger partial charge is 0.496 e. The molecule has 2 aliphatic heterocycles.